The second-order valence-corrected chi connectivity index (χ2v) is 8.21. The first kappa shape index (κ1) is 20.9. The summed E-state index contributed by atoms with van der Waals surface area (Å²) in [5.74, 6) is -0.832. The van der Waals surface area contributed by atoms with E-state index in [1.54, 1.807) is 30.3 Å². The maximum absolute atomic E-state index is 13.4. The Kier molecular flexibility index (Phi) is 5.42. The zero-order chi connectivity index (χ0) is 22.9. The van der Waals surface area contributed by atoms with Crippen molar-refractivity contribution in [2.75, 3.05) is 12.4 Å². The maximum Gasteiger partial charge on any atom is 0.343 e. The van der Waals surface area contributed by atoms with E-state index >= 15 is 0 Å². The number of halogens is 1. The van der Waals surface area contributed by atoms with Gasteiger partial charge in [0, 0.05) is 11.6 Å². The van der Waals surface area contributed by atoms with Gasteiger partial charge in [-0.3, -0.25) is 0 Å². The van der Waals surface area contributed by atoms with Crippen molar-refractivity contribution in [2.45, 2.75) is 18.4 Å². The lowest BCUT2D eigenvalue weighted by molar-refractivity contribution is 0.0593. The minimum atomic E-state index is -0.571. The molecule has 0 aromatic heterocycles. The van der Waals surface area contributed by atoms with Crippen LogP contribution in [0.15, 0.2) is 78.9 Å². The summed E-state index contributed by atoms with van der Waals surface area (Å²) in [7, 11) is 1.28. The summed E-state index contributed by atoms with van der Waals surface area (Å²) < 4.78 is 23.7. The van der Waals surface area contributed by atoms with E-state index in [0.717, 1.165) is 23.2 Å². The molecule has 5 rings (SSSR count). The molecule has 33 heavy (non-hydrogen) atoms. The van der Waals surface area contributed by atoms with Gasteiger partial charge < -0.3 is 14.8 Å². The number of hydrogen-bond donors (Lipinski definition) is 1. The summed E-state index contributed by atoms with van der Waals surface area (Å²) in [5.41, 5.74) is 3.57. The molecule has 0 saturated carbocycles. The summed E-state index contributed by atoms with van der Waals surface area (Å²) >= 11 is 0. The lowest BCUT2D eigenvalue weighted by Crippen LogP contribution is -2.29. The molecule has 0 radical (unpaired) electrons. The van der Waals surface area contributed by atoms with Crippen LogP contribution in [0.2, 0.25) is 0 Å². The van der Waals surface area contributed by atoms with Crippen molar-refractivity contribution in [1.82, 2.24) is 0 Å². The van der Waals surface area contributed by atoms with Gasteiger partial charge in [-0.2, -0.15) is 0 Å². The topological polar surface area (TPSA) is 64.6 Å². The molecular formula is C27H22FNO4. The monoisotopic (exact) mass is 443 g/mol. The zero-order valence-electron chi connectivity index (χ0n) is 18.0. The van der Waals surface area contributed by atoms with Crippen molar-refractivity contribution in [3.8, 4) is 5.75 Å². The summed E-state index contributed by atoms with van der Waals surface area (Å²) in [4.78, 5) is 24.9. The fourth-order valence-corrected chi connectivity index (χ4v) is 4.71. The number of carbonyl (C=O) groups is 2. The van der Waals surface area contributed by atoms with Crippen molar-refractivity contribution < 1.29 is 23.5 Å². The van der Waals surface area contributed by atoms with E-state index in [9.17, 15) is 14.0 Å². The van der Waals surface area contributed by atoms with Crippen LogP contribution in [-0.4, -0.2) is 19.0 Å². The zero-order valence-corrected chi connectivity index (χ0v) is 18.0. The summed E-state index contributed by atoms with van der Waals surface area (Å²) in [6, 6.07) is 18.5. The molecule has 3 atom stereocenters. The third-order valence-electron chi connectivity index (χ3n) is 6.32. The Morgan fingerprint density at radius 3 is 2.58 bits per heavy atom. The number of methoxy groups -OCH3 is 1. The number of fused-ring (bicyclic) bond motifs is 3. The molecule has 1 aliphatic heterocycles. The second kappa shape index (κ2) is 8.54. The summed E-state index contributed by atoms with van der Waals surface area (Å²) in [6.07, 6.45) is 5.21. The number of rotatable bonds is 4. The summed E-state index contributed by atoms with van der Waals surface area (Å²) in [6.45, 7) is 0. The van der Waals surface area contributed by atoms with Crippen LogP contribution >= 0.6 is 0 Å². The molecule has 0 unspecified atom stereocenters. The van der Waals surface area contributed by atoms with E-state index in [2.05, 4.69) is 17.5 Å². The number of anilines is 1. The normalized spacial score (nSPS) is 20.4. The van der Waals surface area contributed by atoms with Crippen LogP contribution in [0.25, 0.3) is 0 Å². The van der Waals surface area contributed by atoms with Gasteiger partial charge in [0.25, 0.3) is 0 Å². The predicted octanol–water partition coefficient (Wildman–Crippen LogP) is 5.66. The third-order valence-corrected chi connectivity index (χ3v) is 6.32. The highest BCUT2D eigenvalue weighted by Crippen LogP contribution is 2.50. The number of para-hydroxylation sites is 1. The fraction of sp³-hybridized carbons (Fsp3) is 0.185. The van der Waals surface area contributed by atoms with Gasteiger partial charge >= 0.3 is 11.9 Å². The molecule has 0 saturated heterocycles. The van der Waals surface area contributed by atoms with Gasteiger partial charge in [-0.05, 0) is 65.9 Å². The van der Waals surface area contributed by atoms with Crippen molar-refractivity contribution in [3.63, 3.8) is 0 Å². The average Bonchev–Trinajstić information content (AvgIpc) is 3.34. The van der Waals surface area contributed by atoms with Gasteiger partial charge in [0.15, 0.2) is 0 Å². The van der Waals surface area contributed by atoms with Crippen LogP contribution in [0.1, 0.15) is 50.2 Å². The van der Waals surface area contributed by atoms with Gasteiger partial charge in [-0.15, -0.1) is 0 Å². The Morgan fingerprint density at radius 2 is 1.79 bits per heavy atom. The number of carbonyl (C=O) groups excluding carboxylic acids is 2. The van der Waals surface area contributed by atoms with Gasteiger partial charge in [0.2, 0.25) is 0 Å². The van der Waals surface area contributed by atoms with E-state index in [-0.39, 0.29) is 35.0 Å². The summed E-state index contributed by atoms with van der Waals surface area (Å²) in [5, 5.41) is 3.58. The molecule has 1 heterocycles. The largest absolute Gasteiger partial charge is 0.465 e. The van der Waals surface area contributed by atoms with E-state index < -0.39 is 11.9 Å². The fourth-order valence-electron chi connectivity index (χ4n) is 4.71. The van der Waals surface area contributed by atoms with Crippen molar-refractivity contribution >= 4 is 17.6 Å². The highest BCUT2D eigenvalue weighted by molar-refractivity contribution is 5.96. The Labute approximate surface area is 190 Å². The molecule has 0 bridgehead atoms. The molecule has 3 aromatic carbocycles. The molecule has 0 spiro atoms. The van der Waals surface area contributed by atoms with E-state index in [1.807, 2.05) is 24.3 Å². The van der Waals surface area contributed by atoms with Crippen molar-refractivity contribution in [1.29, 1.82) is 0 Å². The maximum atomic E-state index is 13.4. The average molecular weight is 443 g/mol. The minimum Gasteiger partial charge on any atom is -0.465 e. The highest BCUT2D eigenvalue weighted by Gasteiger charge is 2.38. The van der Waals surface area contributed by atoms with Crippen molar-refractivity contribution in [2.24, 2.45) is 5.92 Å². The van der Waals surface area contributed by atoms with Crippen LogP contribution in [0, 0.1) is 11.7 Å². The number of benzene rings is 3. The lowest BCUT2D eigenvalue weighted by atomic mass is 9.76. The molecule has 0 amide bonds. The Morgan fingerprint density at radius 1 is 1.00 bits per heavy atom. The van der Waals surface area contributed by atoms with Crippen LogP contribution in [0.5, 0.6) is 5.75 Å². The first-order valence-electron chi connectivity index (χ1n) is 10.8. The number of allylic oxidation sites excluding steroid dienone is 2. The van der Waals surface area contributed by atoms with Crippen molar-refractivity contribution in [3.05, 3.63) is 107 Å². The third kappa shape index (κ3) is 3.89. The molecular weight excluding hydrogens is 421 g/mol. The number of nitrogens with one attached hydrogen (secondary N) is 1. The van der Waals surface area contributed by atoms with Crippen LogP contribution in [-0.2, 0) is 4.74 Å². The highest BCUT2D eigenvalue weighted by atomic mass is 19.1. The number of hydrogen-bond acceptors (Lipinski definition) is 5. The Hall–Kier alpha value is -3.93. The first-order chi connectivity index (χ1) is 16.0. The van der Waals surface area contributed by atoms with Crippen LogP contribution < -0.4 is 10.1 Å². The second-order valence-electron chi connectivity index (χ2n) is 8.21. The first-order valence-corrected chi connectivity index (χ1v) is 10.8. The Bertz CT molecular complexity index is 1250. The minimum absolute atomic E-state index is 0.0443. The van der Waals surface area contributed by atoms with E-state index in [4.69, 9.17) is 9.47 Å². The van der Waals surface area contributed by atoms with Crippen LogP contribution in [0.3, 0.4) is 0 Å². The molecule has 1 N–H and O–H groups in total. The Balaban J connectivity index is 1.43. The van der Waals surface area contributed by atoms with Gasteiger partial charge in [0.1, 0.15) is 17.1 Å². The van der Waals surface area contributed by atoms with Gasteiger partial charge in [-0.1, -0.05) is 36.4 Å². The van der Waals surface area contributed by atoms with Gasteiger partial charge in [0.05, 0.1) is 18.7 Å². The van der Waals surface area contributed by atoms with Crippen LogP contribution in [0.4, 0.5) is 10.1 Å². The predicted molar refractivity (Wildman–Crippen MR) is 122 cm³/mol. The van der Waals surface area contributed by atoms with E-state index in [0.29, 0.717) is 5.56 Å². The molecule has 166 valence electrons. The SMILES string of the molecule is COC(=O)c1ccccc1OC(=O)c1ccc2c(c1)[C@@H]1C=CC[C@@H]1[C@H](c1ccc(F)cc1)N2. The molecule has 0 fully saturated rings. The smallest absolute Gasteiger partial charge is 0.343 e. The quantitative estimate of drug-likeness (QED) is 0.320. The number of esters is 2. The molecule has 6 heteroatoms. The van der Waals surface area contributed by atoms with Gasteiger partial charge in [-0.25, -0.2) is 14.0 Å². The number of ether oxygens (including phenoxy) is 2. The molecule has 5 nitrogen and oxygen atoms in total. The van der Waals surface area contributed by atoms with E-state index in [1.165, 1.54) is 19.2 Å². The molecule has 1 aliphatic carbocycles. The lowest BCUT2D eigenvalue weighted by Gasteiger charge is -2.37. The molecule has 2 aliphatic rings. The standard InChI is InChI=1S/C27H22FNO4/c1-32-27(31)21-5-2-3-8-24(21)33-26(30)17-11-14-23-22(15-17)19-6-4-7-20(19)25(29-23)16-9-12-18(28)13-10-16/h2-6,8-15,19-20,25,29H,7H2,1H3/t19-,20+,25+/m1/s1. The molecule has 3 aromatic rings.